The molecule has 2 heterocycles. The van der Waals surface area contributed by atoms with Crippen molar-refractivity contribution in [3.8, 4) is 0 Å². The molecule has 0 unspecified atom stereocenters. The van der Waals surface area contributed by atoms with Gasteiger partial charge in [0.25, 0.3) is 0 Å². The second kappa shape index (κ2) is 11.6. The van der Waals surface area contributed by atoms with Crippen molar-refractivity contribution >= 4 is 0 Å². The number of rotatable bonds is 11. The van der Waals surface area contributed by atoms with Gasteiger partial charge in [-0.3, -0.25) is 4.90 Å². The number of aliphatic hydroxyl groups excluding tert-OH is 1. The Morgan fingerprint density at radius 2 is 2.09 bits per heavy atom. The van der Waals surface area contributed by atoms with Crippen molar-refractivity contribution in [2.24, 2.45) is 0 Å². The van der Waals surface area contributed by atoms with Crippen LogP contribution in [0.3, 0.4) is 0 Å². The second-order valence-corrected chi connectivity index (χ2v) is 9.23. The van der Waals surface area contributed by atoms with Gasteiger partial charge >= 0.3 is 0 Å². The quantitative estimate of drug-likeness (QED) is 0.448. The number of halogens is 1. The van der Waals surface area contributed by atoms with Crippen LogP contribution in [0.15, 0.2) is 42.5 Å². The third kappa shape index (κ3) is 6.46. The molecule has 182 valence electrons. The van der Waals surface area contributed by atoms with Crippen molar-refractivity contribution in [1.82, 2.24) is 25.5 Å². The average Bonchev–Trinajstić information content (AvgIpc) is 3.51. The second-order valence-electron chi connectivity index (χ2n) is 9.23. The van der Waals surface area contributed by atoms with Crippen LogP contribution in [-0.2, 0) is 24.0 Å². The smallest absolute Gasteiger partial charge is 0.174 e. The summed E-state index contributed by atoms with van der Waals surface area (Å²) in [6, 6.07) is 14.0. The van der Waals surface area contributed by atoms with Gasteiger partial charge in [-0.05, 0) is 74.4 Å². The van der Waals surface area contributed by atoms with Crippen molar-refractivity contribution in [2.75, 3.05) is 19.7 Å². The van der Waals surface area contributed by atoms with Crippen LogP contribution in [0.2, 0.25) is 0 Å². The summed E-state index contributed by atoms with van der Waals surface area (Å²) in [5, 5.41) is 24.8. The average molecular weight is 468 g/mol. The molecular weight excluding hydrogens is 433 g/mol. The first-order chi connectivity index (χ1) is 16.5. The Morgan fingerprint density at radius 1 is 1.24 bits per heavy atom. The zero-order valence-electron chi connectivity index (χ0n) is 20.0. The molecular formula is C26H34FN5O2. The Bertz CT molecular complexity index is 1050. The number of ether oxygens (including phenoxy) is 1. The minimum atomic E-state index is -0.579. The lowest BCUT2D eigenvalue weighted by atomic mass is 9.99. The summed E-state index contributed by atoms with van der Waals surface area (Å²) in [4.78, 5) is 2.31. The van der Waals surface area contributed by atoms with Crippen molar-refractivity contribution in [3.05, 3.63) is 76.4 Å². The molecule has 1 aromatic heterocycles. The minimum absolute atomic E-state index is 0.138. The van der Waals surface area contributed by atoms with E-state index in [1.165, 1.54) is 5.56 Å². The molecule has 7 nitrogen and oxygen atoms in total. The van der Waals surface area contributed by atoms with E-state index in [4.69, 9.17) is 4.74 Å². The highest BCUT2D eigenvalue weighted by Gasteiger charge is 2.27. The van der Waals surface area contributed by atoms with Crippen LogP contribution in [0.5, 0.6) is 0 Å². The Labute approximate surface area is 200 Å². The first-order valence-electron chi connectivity index (χ1n) is 12.1. The molecule has 0 bridgehead atoms. The fourth-order valence-electron chi connectivity index (χ4n) is 4.76. The van der Waals surface area contributed by atoms with Gasteiger partial charge in [0.05, 0.1) is 18.8 Å². The number of aromatic nitrogens is 4. The van der Waals surface area contributed by atoms with Crippen LogP contribution >= 0.6 is 0 Å². The number of benzene rings is 2. The highest BCUT2D eigenvalue weighted by molar-refractivity contribution is 5.29. The Balaban J connectivity index is 1.28. The van der Waals surface area contributed by atoms with Crippen molar-refractivity contribution in [3.63, 3.8) is 0 Å². The van der Waals surface area contributed by atoms with Gasteiger partial charge in [0.15, 0.2) is 5.82 Å². The molecule has 1 aliphatic rings. The van der Waals surface area contributed by atoms with Gasteiger partial charge in [0.1, 0.15) is 5.82 Å². The third-order valence-electron chi connectivity index (χ3n) is 6.69. The van der Waals surface area contributed by atoms with Crippen LogP contribution in [0.4, 0.5) is 4.39 Å². The number of nitrogens with zero attached hydrogens (tertiary/aromatic N) is 4. The lowest BCUT2D eigenvalue weighted by Crippen LogP contribution is -2.39. The number of hydrogen-bond acceptors (Lipinski definition) is 6. The zero-order valence-corrected chi connectivity index (χ0v) is 20.0. The first-order valence-corrected chi connectivity index (χ1v) is 12.1. The molecule has 2 N–H and O–H groups in total. The highest BCUT2D eigenvalue weighted by Crippen LogP contribution is 2.24. The number of H-pyrrole nitrogens is 1. The molecule has 1 aliphatic heterocycles. The number of likely N-dealkylation sites (tertiary alicyclic amines) is 1. The number of β-amino-alcohol motifs (C(OH)–C–C–N with tert-alkyl or cyclic N) is 1. The molecule has 3 aromatic rings. The van der Waals surface area contributed by atoms with Crippen LogP contribution in [-0.4, -0.2) is 62.5 Å². The predicted octanol–water partition coefficient (Wildman–Crippen LogP) is 3.58. The normalized spacial score (nSPS) is 18.3. The van der Waals surface area contributed by atoms with Crippen molar-refractivity contribution in [2.45, 2.75) is 64.2 Å². The SMILES string of the molecule is Cc1ccc(C[C@@H]2CCCN2C[C@@H](O)CO[C@H](C)c2ccccc2CCc2nn[nH]n2)cc1F. The molecule has 4 rings (SSSR count). The van der Waals surface area contributed by atoms with E-state index in [-0.39, 0.29) is 18.5 Å². The van der Waals surface area contributed by atoms with Gasteiger partial charge in [0.2, 0.25) is 0 Å². The first kappa shape index (κ1) is 24.4. The Hall–Kier alpha value is -2.68. The molecule has 34 heavy (non-hydrogen) atoms. The van der Waals surface area contributed by atoms with Gasteiger partial charge in [-0.15, -0.1) is 10.2 Å². The fourth-order valence-corrected chi connectivity index (χ4v) is 4.76. The van der Waals surface area contributed by atoms with Gasteiger partial charge in [-0.2, -0.15) is 5.21 Å². The van der Waals surface area contributed by atoms with E-state index >= 15 is 0 Å². The standard InChI is InChI=1S/C26H34FN5O2/c1-18-9-10-20(15-25(18)27)14-22-7-5-13-32(22)16-23(33)17-34-19(2)24-8-4-3-6-21(24)11-12-26-28-30-31-29-26/h3-4,6,8-10,15,19,22-23,33H,5,7,11-14,16-17H2,1-2H3,(H,28,29,30,31)/t19-,22+,23-/m1/s1. The maximum Gasteiger partial charge on any atom is 0.174 e. The molecule has 0 radical (unpaired) electrons. The van der Waals surface area contributed by atoms with Crippen LogP contribution in [0.1, 0.15) is 53.9 Å². The molecule has 8 heteroatoms. The van der Waals surface area contributed by atoms with Crippen molar-refractivity contribution in [1.29, 1.82) is 0 Å². The van der Waals surface area contributed by atoms with E-state index in [9.17, 15) is 9.50 Å². The maximum atomic E-state index is 13.9. The number of aliphatic hydroxyl groups is 1. The van der Waals surface area contributed by atoms with E-state index in [2.05, 4.69) is 37.7 Å². The van der Waals surface area contributed by atoms with E-state index in [1.54, 1.807) is 13.0 Å². The van der Waals surface area contributed by atoms with Crippen molar-refractivity contribution < 1.29 is 14.2 Å². The summed E-state index contributed by atoms with van der Waals surface area (Å²) >= 11 is 0. The van der Waals surface area contributed by atoms with Gasteiger partial charge < -0.3 is 9.84 Å². The molecule has 1 fully saturated rings. The van der Waals surface area contributed by atoms with Gasteiger partial charge in [-0.25, -0.2) is 4.39 Å². The summed E-state index contributed by atoms with van der Waals surface area (Å²) in [6.45, 7) is 5.58. The highest BCUT2D eigenvalue weighted by atomic mass is 19.1. The topological polar surface area (TPSA) is 87.2 Å². The number of aromatic amines is 1. The monoisotopic (exact) mass is 467 g/mol. The zero-order chi connectivity index (χ0) is 23.9. The van der Waals surface area contributed by atoms with E-state index in [0.29, 0.717) is 30.4 Å². The number of aryl methyl sites for hydroxylation is 3. The lowest BCUT2D eigenvalue weighted by Gasteiger charge is -2.27. The predicted molar refractivity (Wildman–Crippen MR) is 128 cm³/mol. The molecule has 3 atom stereocenters. The molecule has 2 aromatic carbocycles. The van der Waals surface area contributed by atoms with Gasteiger partial charge in [0, 0.05) is 19.0 Å². The summed E-state index contributed by atoms with van der Waals surface area (Å²) in [5.74, 6) is 0.536. The number of tetrazole rings is 1. The van der Waals surface area contributed by atoms with E-state index in [0.717, 1.165) is 43.4 Å². The third-order valence-corrected chi connectivity index (χ3v) is 6.69. The molecule has 1 saturated heterocycles. The van der Waals surface area contributed by atoms with Gasteiger partial charge in [-0.1, -0.05) is 41.6 Å². The molecule has 0 spiro atoms. The minimum Gasteiger partial charge on any atom is -0.389 e. The summed E-state index contributed by atoms with van der Waals surface area (Å²) in [6.07, 6.45) is 3.73. The summed E-state index contributed by atoms with van der Waals surface area (Å²) in [7, 11) is 0. The Morgan fingerprint density at radius 3 is 2.88 bits per heavy atom. The van der Waals surface area contributed by atoms with E-state index < -0.39 is 6.10 Å². The largest absolute Gasteiger partial charge is 0.389 e. The maximum absolute atomic E-state index is 13.9. The Kier molecular flexibility index (Phi) is 8.37. The van der Waals surface area contributed by atoms with E-state index in [1.807, 2.05) is 31.2 Å². The van der Waals surface area contributed by atoms with Crippen LogP contribution in [0.25, 0.3) is 0 Å². The summed E-state index contributed by atoms with van der Waals surface area (Å²) < 4.78 is 20.0. The summed E-state index contributed by atoms with van der Waals surface area (Å²) in [5.41, 5.74) is 3.97. The van der Waals surface area contributed by atoms with Crippen LogP contribution < -0.4 is 0 Å². The lowest BCUT2D eigenvalue weighted by molar-refractivity contribution is -0.0173. The molecule has 0 aliphatic carbocycles. The fraction of sp³-hybridized carbons (Fsp3) is 0.500. The molecule has 0 amide bonds. The number of hydrogen-bond donors (Lipinski definition) is 2. The number of nitrogens with one attached hydrogen (secondary N) is 1. The molecule has 0 saturated carbocycles. The van der Waals surface area contributed by atoms with Crippen LogP contribution in [0, 0.1) is 12.7 Å².